The van der Waals surface area contributed by atoms with Crippen LogP contribution >= 0.6 is 0 Å². The van der Waals surface area contributed by atoms with Crippen molar-refractivity contribution in [3.05, 3.63) is 0 Å². The summed E-state index contributed by atoms with van der Waals surface area (Å²) in [6, 6.07) is 0.0370. The van der Waals surface area contributed by atoms with E-state index in [4.69, 9.17) is 0 Å². The van der Waals surface area contributed by atoms with Crippen LogP contribution in [0, 0.1) is 0 Å². The van der Waals surface area contributed by atoms with Crippen molar-refractivity contribution < 1.29 is 13.2 Å². The van der Waals surface area contributed by atoms with Gasteiger partial charge in [-0.25, -0.2) is 12.7 Å². The molecular weight excluding hydrogens is 290 g/mol. The molecule has 7 heteroatoms. The van der Waals surface area contributed by atoms with E-state index in [0.29, 0.717) is 32.4 Å². The number of hydrogen-bond donors (Lipinski definition) is 2. The van der Waals surface area contributed by atoms with Gasteiger partial charge in [-0.05, 0) is 38.6 Å². The van der Waals surface area contributed by atoms with Crippen molar-refractivity contribution in [2.75, 3.05) is 25.4 Å². The maximum absolute atomic E-state index is 12.1. The van der Waals surface area contributed by atoms with Gasteiger partial charge in [0.05, 0.1) is 11.8 Å². The molecule has 0 aromatic carbocycles. The topological polar surface area (TPSA) is 78.5 Å². The Balaban J connectivity index is 1.77. The fraction of sp³-hybridized carbons (Fsp3) is 0.929. The Morgan fingerprint density at radius 3 is 2.52 bits per heavy atom. The second-order valence-electron chi connectivity index (χ2n) is 6.00. The van der Waals surface area contributed by atoms with Crippen LogP contribution in [0.15, 0.2) is 0 Å². The third-order valence-electron chi connectivity index (χ3n) is 4.28. The van der Waals surface area contributed by atoms with Gasteiger partial charge in [-0.15, -0.1) is 0 Å². The number of amides is 1. The second kappa shape index (κ2) is 7.56. The van der Waals surface area contributed by atoms with Crippen molar-refractivity contribution in [2.24, 2.45) is 0 Å². The first-order chi connectivity index (χ1) is 10.0. The van der Waals surface area contributed by atoms with Gasteiger partial charge in [0, 0.05) is 19.1 Å². The molecule has 0 radical (unpaired) electrons. The number of sulfonamides is 1. The molecule has 6 nitrogen and oxygen atoms in total. The van der Waals surface area contributed by atoms with Crippen LogP contribution in [0.3, 0.4) is 0 Å². The summed E-state index contributed by atoms with van der Waals surface area (Å²) in [7, 11) is -3.10. The van der Waals surface area contributed by atoms with Crippen LogP contribution in [0.1, 0.15) is 45.4 Å². The number of nitrogens with zero attached hydrogens (tertiary/aromatic N) is 1. The first-order valence-electron chi connectivity index (χ1n) is 8.04. The average Bonchev–Trinajstić information content (AvgIpc) is 2.48. The van der Waals surface area contributed by atoms with Gasteiger partial charge in [-0.3, -0.25) is 4.79 Å². The van der Waals surface area contributed by atoms with Crippen molar-refractivity contribution in [3.63, 3.8) is 0 Å². The van der Waals surface area contributed by atoms with E-state index in [-0.39, 0.29) is 23.7 Å². The molecule has 0 aromatic heterocycles. The Morgan fingerprint density at radius 1 is 1.24 bits per heavy atom. The zero-order valence-electron chi connectivity index (χ0n) is 12.8. The fourth-order valence-electron chi connectivity index (χ4n) is 3.04. The Kier molecular flexibility index (Phi) is 6.01. The average molecular weight is 317 g/mol. The fourth-order valence-corrected chi connectivity index (χ4v) is 4.58. The van der Waals surface area contributed by atoms with Crippen LogP contribution < -0.4 is 10.6 Å². The second-order valence-corrected chi connectivity index (χ2v) is 8.09. The maximum Gasteiger partial charge on any atom is 0.237 e. The number of rotatable bonds is 5. The molecular formula is C14H27N3O3S. The molecule has 2 N–H and O–H groups in total. The first-order valence-corrected chi connectivity index (χ1v) is 9.65. The summed E-state index contributed by atoms with van der Waals surface area (Å²) in [6.07, 6.45) is 5.20. The van der Waals surface area contributed by atoms with Crippen LogP contribution in [-0.2, 0) is 14.8 Å². The molecule has 2 aliphatic rings. The van der Waals surface area contributed by atoms with Crippen LogP contribution in [0.5, 0.6) is 0 Å². The molecule has 1 unspecified atom stereocenters. The molecule has 2 aliphatic heterocycles. The molecule has 0 spiro atoms. The van der Waals surface area contributed by atoms with Gasteiger partial charge < -0.3 is 10.6 Å². The summed E-state index contributed by atoms with van der Waals surface area (Å²) in [6.45, 7) is 3.82. The van der Waals surface area contributed by atoms with Gasteiger partial charge in [-0.2, -0.15) is 0 Å². The minimum absolute atomic E-state index is 0.0689. The Labute approximate surface area is 127 Å². The van der Waals surface area contributed by atoms with E-state index in [2.05, 4.69) is 10.6 Å². The molecule has 2 rings (SSSR count). The molecule has 2 heterocycles. The predicted molar refractivity (Wildman–Crippen MR) is 82.5 cm³/mol. The number of hydrogen-bond acceptors (Lipinski definition) is 4. The van der Waals surface area contributed by atoms with Crippen molar-refractivity contribution in [1.82, 2.24) is 14.9 Å². The van der Waals surface area contributed by atoms with Crippen LogP contribution in [0.2, 0.25) is 0 Å². The Hall–Kier alpha value is -0.660. The lowest BCUT2D eigenvalue weighted by molar-refractivity contribution is -0.124. The van der Waals surface area contributed by atoms with Crippen molar-refractivity contribution in [3.8, 4) is 0 Å². The summed E-state index contributed by atoms with van der Waals surface area (Å²) in [5.41, 5.74) is 0. The van der Waals surface area contributed by atoms with Gasteiger partial charge in [-0.1, -0.05) is 13.3 Å². The zero-order chi connectivity index (χ0) is 15.3. The third-order valence-corrected chi connectivity index (χ3v) is 6.36. The first kappa shape index (κ1) is 16.7. The van der Waals surface area contributed by atoms with E-state index < -0.39 is 10.0 Å². The number of carbonyl (C=O) groups is 1. The van der Waals surface area contributed by atoms with Gasteiger partial charge in [0.15, 0.2) is 0 Å². The SMILES string of the molecule is CCCS(=O)(=O)N1CCC(NC(=O)C2CCCCN2)CC1. The van der Waals surface area contributed by atoms with E-state index in [1.54, 1.807) is 4.31 Å². The summed E-state index contributed by atoms with van der Waals surface area (Å²) >= 11 is 0. The van der Waals surface area contributed by atoms with E-state index in [1.165, 1.54) is 0 Å². The van der Waals surface area contributed by atoms with Crippen LogP contribution in [0.4, 0.5) is 0 Å². The molecule has 0 saturated carbocycles. The van der Waals surface area contributed by atoms with Crippen LogP contribution in [-0.4, -0.2) is 56.1 Å². The Morgan fingerprint density at radius 2 is 1.95 bits per heavy atom. The summed E-state index contributed by atoms with van der Waals surface area (Å²) < 4.78 is 25.5. The molecule has 0 bridgehead atoms. The summed E-state index contributed by atoms with van der Waals surface area (Å²) in [4.78, 5) is 12.1. The third kappa shape index (κ3) is 4.66. The molecule has 2 fully saturated rings. The zero-order valence-corrected chi connectivity index (χ0v) is 13.6. The smallest absolute Gasteiger partial charge is 0.237 e. The van der Waals surface area contributed by atoms with Gasteiger partial charge in [0.25, 0.3) is 0 Å². The number of nitrogens with one attached hydrogen (secondary N) is 2. The molecule has 1 amide bonds. The molecule has 0 aliphatic carbocycles. The maximum atomic E-state index is 12.1. The normalized spacial score (nSPS) is 25.7. The van der Waals surface area contributed by atoms with Gasteiger partial charge in [0.1, 0.15) is 0 Å². The van der Waals surface area contributed by atoms with E-state index in [9.17, 15) is 13.2 Å². The molecule has 1 atom stereocenters. The summed E-state index contributed by atoms with van der Waals surface area (Å²) in [5, 5.41) is 6.31. The number of carbonyl (C=O) groups excluding carboxylic acids is 1. The highest BCUT2D eigenvalue weighted by atomic mass is 32.2. The van der Waals surface area contributed by atoms with Gasteiger partial charge >= 0.3 is 0 Å². The minimum Gasteiger partial charge on any atom is -0.352 e. The quantitative estimate of drug-likeness (QED) is 0.772. The van der Waals surface area contributed by atoms with Crippen LogP contribution in [0.25, 0.3) is 0 Å². The highest BCUT2D eigenvalue weighted by molar-refractivity contribution is 7.89. The van der Waals surface area contributed by atoms with Crippen molar-refractivity contribution >= 4 is 15.9 Å². The summed E-state index contributed by atoms with van der Waals surface area (Å²) in [5.74, 6) is 0.292. The lowest BCUT2D eigenvalue weighted by atomic mass is 10.0. The lowest BCUT2D eigenvalue weighted by Gasteiger charge is -2.33. The van der Waals surface area contributed by atoms with Crippen molar-refractivity contribution in [1.29, 1.82) is 0 Å². The van der Waals surface area contributed by atoms with E-state index >= 15 is 0 Å². The van der Waals surface area contributed by atoms with Crippen molar-refractivity contribution in [2.45, 2.75) is 57.5 Å². The van der Waals surface area contributed by atoms with E-state index in [0.717, 1.165) is 25.8 Å². The standard InChI is InChI=1S/C14H27N3O3S/c1-2-11-21(19,20)17-9-6-12(7-10-17)16-14(18)13-5-3-4-8-15-13/h12-13,15H,2-11H2,1H3,(H,16,18). The lowest BCUT2D eigenvalue weighted by Crippen LogP contribution is -2.52. The number of piperidine rings is 2. The minimum atomic E-state index is -3.10. The van der Waals surface area contributed by atoms with E-state index in [1.807, 2.05) is 6.92 Å². The highest BCUT2D eigenvalue weighted by Gasteiger charge is 2.29. The molecule has 2 saturated heterocycles. The monoisotopic (exact) mass is 317 g/mol. The molecule has 0 aromatic rings. The highest BCUT2D eigenvalue weighted by Crippen LogP contribution is 2.16. The Bertz CT molecular complexity index is 438. The molecule has 21 heavy (non-hydrogen) atoms. The van der Waals surface area contributed by atoms with Gasteiger partial charge in [0.2, 0.25) is 15.9 Å². The predicted octanol–water partition coefficient (Wildman–Crippen LogP) is 0.449. The largest absolute Gasteiger partial charge is 0.352 e. The molecule has 122 valence electrons.